The van der Waals surface area contributed by atoms with E-state index in [2.05, 4.69) is 42.2 Å². The Balaban J connectivity index is 1.41. The lowest BCUT2D eigenvalue weighted by atomic mass is 10.0. The number of aromatic nitrogens is 1. The number of anilines is 1. The standard InChI is InChI=1S/C21H14Br2N2O5S/c22-13-6-12(7-14(13)23)19(28)25-21-24-15-3-2-11(8-18(15)31-21)20(29)30-9-10-1-4-16(26)17(27)5-10/h2-6,8,26H,1,7,9H2,(H,24,25,28). The van der Waals surface area contributed by atoms with Gasteiger partial charge in [0.1, 0.15) is 6.61 Å². The van der Waals surface area contributed by atoms with E-state index < -0.39 is 11.8 Å². The number of thiazole rings is 1. The highest BCUT2D eigenvalue weighted by Gasteiger charge is 2.20. The van der Waals surface area contributed by atoms with E-state index in [4.69, 9.17) is 4.74 Å². The van der Waals surface area contributed by atoms with E-state index in [9.17, 15) is 19.5 Å². The minimum absolute atomic E-state index is 0.0370. The van der Waals surface area contributed by atoms with Gasteiger partial charge < -0.3 is 9.84 Å². The third-order valence-corrected chi connectivity index (χ3v) is 7.46. The van der Waals surface area contributed by atoms with Gasteiger partial charge in [-0.1, -0.05) is 27.3 Å². The molecule has 2 aliphatic carbocycles. The number of ketones is 1. The monoisotopic (exact) mass is 564 g/mol. The zero-order valence-electron chi connectivity index (χ0n) is 15.8. The van der Waals surface area contributed by atoms with Crippen molar-refractivity contribution in [3.63, 3.8) is 0 Å². The molecule has 0 atom stereocenters. The number of esters is 1. The Morgan fingerprint density at radius 3 is 2.77 bits per heavy atom. The van der Waals surface area contributed by atoms with Gasteiger partial charge in [-0.3, -0.25) is 14.9 Å². The Kier molecular flexibility index (Phi) is 6.22. The maximum absolute atomic E-state index is 12.4. The van der Waals surface area contributed by atoms with Gasteiger partial charge in [0.2, 0.25) is 5.78 Å². The van der Waals surface area contributed by atoms with Crippen LogP contribution in [0.5, 0.6) is 0 Å². The van der Waals surface area contributed by atoms with Gasteiger partial charge in [-0.15, -0.1) is 0 Å². The molecule has 1 amide bonds. The highest BCUT2D eigenvalue weighted by atomic mass is 79.9. The van der Waals surface area contributed by atoms with Crippen LogP contribution in [-0.4, -0.2) is 34.4 Å². The number of ether oxygens (including phenoxy) is 1. The van der Waals surface area contributed by atoms with Crippen molar-refractivity contribution in [2.75, 3.05) is 11.9 Å². The Labute approximate surface area is 197 Å². The molecule has 2 N–H and O–H groups in total. The Morgan fingerprint density at radius 1 is 1.26 bits per heavy atom. The number of rotatable bonds is 5. The molecule has 1 heterocycles. The molecule has 0 unspecified atom stereocenters. The summed E-state index contributed by atoms with van der Waals surface area (Å²) in [5.41, 5.74) is 2.21. The first-order valence-electron chi connectivity index (χ1n) is 9.07. The maximum atomic E-state index is 12.4. The SMILES string of the molecule is O=C1C=C(COC(=O)c2ccc3nc(NC(=O)C4=CC(Br)=C(Br)C4)sc3c2)CC=C1O. The molecule has 0 saturated carbocycles. The fourth-order valence-electron chi connectivity index (χ4n) is 2.95. The van der Waals surface area contributed by atoms with Crippen molar-refractivity contribution in [2.45, 2.75) is 12.8 Å². The number of hydrogen-bond acceptors (Lipinski definition) is 7. The highest BCUT2D eigenvalue weighted by Crippen LogP contribution is 2.34. The summed E-state index contributed by atoms with van der Waals surface area (Å²) in [6.07, 6.45) is 5.27. The average molecular weight is 566 g/mol. The van der Waals surface area contributed by atoms with Gasteiger partial charge in [0.15, 0.2) is 10.9 Å². The average Bonchev–Trinajstić information content (AvgIpc) is 3.30. The molecular formula is C21H14Br2N2O5S. The molecule has 10 heteroatoms. The first-order chi connectivity index (χ1) is 14.8. The van der Waals surface area contributed by atoms with Crippen LogP contribution in [0.4, 0.5) is 5.13 Å². The lowest BCUT2D eigenvalue weighted by molar-refractivity contribution is -0.114. The molecule has 4 rings (SSSR count). The maximum Gasteiger partial charge on any atom is 0.338 e. The number of fused-ring (bicyclic) bond motifs is 1. The largest absolute Gasteiger partial charge is 0.504 e. The first kappa shape index (κ1) is 21.7. The van der Waals surface area contributed by atoms with Crippen LogP contribution in [0.3, 0.4) is 0 Å². The van der Waals surface area contributed by atoms with Crippen LogP contribution in [0.15, 0.2) is 62.3 Å². The van der Waals surface area contributed by atoms with Gasteiger partial charge in [-0.05, 0) is 64.4 Å². The van der Waals surface area contributed by atoms with Crippen LogP contribution in [0.1, 0.15) is 23.2 Å². The molecule has 1 aromatic carbocycles. The minimum atomic E-state index is -0.537. The van der Waals surface area contributed by atoms with Crippen molar-refractivity contribution in [1.29, 1.82) is 0 Å². The molecule has 0 saturated heterocycles. The van der Waals surface area contributed by atoms with Crippen molar-refractivity contribution < 1.29 is 24.2 Å². The molecule has 0 aliphatic heterocycles. The van der Waals surface area contributed by atoms with Crippen LogP contribution >= 0.6 is 43.2 Å². The number of allylic oxidation sites excluding steroid dienone is 5. The van der Waals surface area contributed by atoms with Gasteiger partial charge in [-0.2, -0.15) is 0 Å². The summed E-state index contributed by atoms with van der Waals surface area (Å²) in [5, 5.41) is 12.5. The number of benzene rings is 1. The Bertz CT molecular complexity index is 1260. The molecule has 0 bridgehead atoms. The summed E-state index contributed by atoms with van der Waals surface area (Å²) in [6, 6.07) is 4.94. The van der Waals surface area contributed by atoms with Gasteiger partial charge >= 0.3 is 5.97 Å². The summed E-state index contributed by atoms with van der Waals surface area (Å²) in [7, 11) is 0. The number of carbonyl (C=O) groups is 3. The predicted molar refractivity (Wildman–Crippen MR) is 125 cm³/mol. The summed E-state index contributed by atoms with van der Waals surface area (Å²) in [4.78, 5) is 40.7. The second-order valence-corrected chi connectivity index (χ2v) is 9.63. The topological polar surface area (TPSA) is 106 Å². The zero-order valence-corrected chi connectivity index (χ0v) is 19.8. The van der Waals surface area contributed by atoms with E-state index in [0.717, 1.165) is 13.7 Å². The quantitative estimate of drug-likeness (QED) is 0.491. The summed E-state index contributed by atoms with van der Waals surface area (Å²) < 4.78 is 7.76. The third kappa shape index (κ3) is 4.86. The molecule has 0 spiro atoms. The van der Waals surface area contributed by atoms with Gasteiger partial charge in [0.25, 0.3) is 5.91 Å². The molecule has 0 fully saturated rings. The van der Waals surface area contributed by atoms with E-state index in [1.54, 1.807) is 24.3 Å². The molecule has 1 aromatic heterocycles. The molecule has 2 aromatic rings. The molecule has 158 valence electrons. The zero-order chi connectivity index (χ0) is 22.1. The fourth-order valence-corrected chi connectivity index (χ4v) is 4.68. The summed E-state index contributed by atoms with van der Waals surface area (Å²) in [5.74, 6) is -1.57. The van der Waals surface area contributed by atoms with Crippen LogP contribution in [0.25, 0.3) is 10.2 Å². The van der Waals surface area contributed by atoms with E-state index in [0.29, 0.717) is 40.2 Å². The smallest absolute Gasteiger partial charge is 0.338 e. The van der Waals surface area contributed by atoms with Crippen molar-refractivity contribution in [2.24, 2.45) is 0 Å². The van der Waals surface area contributed by atoms with Gasteiger partial charge in [-0.25, -0.2) is 9.78 Å². The van der Waals surface area contributed by atoms with Crippen molar-refractivity contribution >= 4 is 76.2 Å². The van der Waals surface area contributed by atoms with E-state index in [1.807, 2.05) is 0 Å². The van der Waals surface area contributed by atoms with Crippen LogP contribution in [-0.2, 0) is 14.3 Å². The number of hydrogen-bond donors (Lipinski definition) is 2. The molecular weight excluding hydrogens is 552 g/mol. The molecule has 7 nitrogen and oxygen atoms in total. The first-order valence-corrected chi connectivity index (χ1v) is 11.5. The van der Waals surface area contributed by atoms with Gasteiger partial charge in [0.05, 0.1) is 15.8 Å². The highest BCUT2D eigenvalue weighted by molar-refractivity contribution is 9.14. The van der Waals surface area contributed by atoms with Crippen LogP contribution in [0, 0.1) is 0 Å². The molecule has 0 radical (unpaired) electrons. The Hall–Kier alpha value is -2.56. The number of nitrogens with zero attached hydrogens (tertiary/aromatic N) is 1. The number of nitrogens with one attached hydrogen (secondary N) is 1. The molecule has 31 heavy (non-hydrogen) atoms. The molecule has 2 aliphatic rings. The Morgan fingerprint density at radius 2 is 2.06 bits per heavy atom. The van der Waals surface area contributed by atoms with Crippen molar-refractivity contribution in [3.8, 4) is 0 Å². The second-order valence-electron chi connectivity index (χ2n) is 6.79. The summed E-state index contributed by atoms with van der Waals surface area (Å²) in [6.45, 7) is -0.0370. The van der Waals surface area contributed by atoms with Crippen LogP contribution in [0.2, 0.25) is 0 Å². The predicted octanol–water partition coefficient (Wildman–Crippen LogP) is 5.06. The van der Waals surface area contributed by atoms with E-state index >= 15 is 0 Å². The van der Waals surface area contributed by atoms with Crippen LogP contribution < -0.4 is 5.32 Å². The number of amides is 1. The lowest BCUT2D eigenvalue weighted by Crippen LogP contribution is -2.13. The van der Waals surface area contributed by atoms with Crippen molar-refractivity contribution in [3.05, 3.63) is 67.9 Å². The number of aliphatic hydroxyl groups is 1. The van der Waals surface area contributed by atoms with E-state index in [1.165, 1.54) is 23.5 Å². The van der Waals surface area contributed by atoms with Crippen molar-refractivity contribution in [1.82, 2.24) is 4.98 Å². The number of halogens is 2. The van der Waals surface area contributed by atoms with Gasteiger partial charge in [0, 0.05) is 21.0 Å². The normalized spacial score (nSPS) is 16.2. The number of carbonyl (C=O) groups excluding carboxylic acids is 3. The van der Waals surface area contributed by atoms with E-state index in [-0.39, 0.29) is 18.3 Å². The summed E-state index contributed by atoms with van der Waals surface area (Å²) >= 11 is 8.03. The fraction of sp³-hybridized carbons (Fsp3) is 0.143. The minimum Gasteiger partial charge on any atom is -0.504 e. The lowest BCUT2D eigenvalue weighted by Gasteiger charge is -2.10. The number of aliphatic hydroxyl groups excluding tert-OH is 1. The third-order valence-electron chi connectivity index (χ3n) is 4.58. The second kappa shape index (κ2) is 8.89.